The number of cyclic esters (lactones) is 1. The molecule has 0 amide bonds. The van der Waals surface area contributed by atoms with Crippen molar-refractivity contribution in [3.63, 3.8) is 0 Å². The normalized spacial score (nSPS) is 21.1. The molecule has 8 heteroatoms. The molecule has 3 aromatic rings. The van der Waals surface area contributed by atoms with Crippen molar-refractivity contribution in [1.29, 1.82) is 0 Å². The molecular weight excluding hydrogens is 444 g/mol. The van der Waals surface area contributed by atoms with Crippen LogP contribution in [-0.4, -0.2) is 41.4 Å². The first-order valence-electron chi connectivity index (χ1n) is 12.5. The second-order valence-corrected chi connectivity index (χ2v) is 9.87. The lowest BCUT2D eigenvalue weighted by Crippen LogP contribution is -2.46. The molecule has 8 nitrogen and oxygen atoms in total. The first-order chi connectivity index (χ1) is 16.9. The average molecular weight is 477 g/mol. The number of esters is 1. The quantitative estimate of drug-likeness (QED) is 0.481. The van der Waals surface area contributed by atoms with Gasteiger partial charge >= 0.3 is 5.97 Å². The van der Waals surface area contributed by atoms with Gasteiger partial charge in [-0.15, -0.1) is 5.10 Å². The Hall–Kier alpha value is -3.42. The van der Waals surface area contributed by atoms with E-state index in [9.17, 15) is 15.0 Å². The van der Waals surface area contributed by atoms with Crippen LogP contribution in [0.2, 0.25) is 0 Å². The summed E-state index contributed by atoms with van der Waals surface area (Å²) in [4.78, 5) is 22.0. The van der Waals surface area contributed by atoms with Crippen LogP contribution in [-0.2, 0) is 28.8 Å². The third-order valence-electron chi connectivity index (χ3n) is 7.54. The largest absolute Gasteiger partial charge is 0.512 e. The third kappa shape index (κ3) is 4.61. The number of rotatable bonds is 7. The first kappa shape index (κ1) is 23.3. The van der Waals surface area contributed by atoms with Crippen LogP contribution in [0.4, 0.5) is 0 Å². The van der Waals surface area contributed by atoms with Gasteiger partial charge in [0, 0.05) is 24.7 Å². The molecule has 1 aliphatic heterocycles. The zero-order chi connectivity index (χ0) is 24.6. The summed E-state index contributed by atoms with van der Waals surface area (Å²) in [5.41, 5.74) is 2.34. The van der Waals surface area contributed by atoms with Crippen LogP contribution in [0.3, 0.4) is 0 Å². The molecule has 3 heterocycles. The maximum Gasteiger partial charge on any atom is 0.338 e. The highest BCUT2D eigenvalue weighted by atomic mass is 16.6. The molecular formula is C27H32N4O4. The Morgan fingerprint density at radius 2 is 1.97 bits per heavy atom. The number of phenols is 1. The van der Waals surface area contributed by atoms with Crippen LogP contribution in [0.5, 0.6) is 5.75 Å². The van der Waals surface area contributed by atoms with Gasteiger partial charge in [-0.05, 0) is 68.2 Å². The third-order valence-corrected chi connectivity index (χ3v) is 7.54. The summed E-state index contributed by atoms with van der Waals surface area (Å²) < 4.78 is 7.79. The Bertz CT molecular complexity index is 1290. The van der Waals surface area contributed by atoms with Crippen molar-refractivity contribution >= 4 is 11.7 Å². The minimum absolute atomic E-state index is 0.0797. The number of aliphatic hydroxyl groups is 1. The average Bonchev–Trinajstić information content (AvgIpc) is 3.51. The lowest BCUT2D eigenvalue weighted by Gasteiger charge is -2.41. The van der Waals surface area contributed by atoms with E-state index >= 15 is 0 Å². The van der Waals surface area contributed by atoms with Crippen LogP contribution in [0, 0.1) is 12.8 Å². The molecule has 35 heavy (non-hydrogen) atoms. The predicted octanol–water partition coefficient (Wildman–Crippen LogP) is 4.56. The predicted molar refractivity (Wildman–Crippen MR) is 130 cm³/mol. The summed E-state index contributed by atoms with van der Waals surface area (Å²) in [5.74, 6) is 1.01. The van der Waals surface area contributed by atoms with E-state index in [1.54, 1.807) is 16.8 Å². The molecule has 0 spiro atoms. The smallest absolute Gasteiger partial charge is 0.338 e. The number of ether oxygens (including phenoxy) is 1. The highest BCUT2D eigenvalue weighted by molar-refractivity contribution is 5.90. The molecule has 2 aromatic heterocycles. The van der Waals surface area contributed by atoms with E-state index in [4.69, 9.17) is 4.74 Å². The summed E-state index contributed by atoms with van der Waals surface area (Å²) in [7, 11) is 0. The van der Waals surface area contributed by atoms with Crippen molar-refractivity contribution < 1.29 is 19.7 Å². The number of fused-ring (bicyclic) bond motifs is 1. The number of nitrogens with zero attached hydrogens (tertiary/aromatic N) is 4. The molecule has 0 bridgehead atoms. The lowest BCUT2D eigenvalue weighted by atomic mass is 9.76. The lowest BCUT2D eigenvalue weighted by molar-refractivity contribution is -0.167. The highest BCUT2D eigenvalue weighted by Crippen LogP contribution is 2.46. The van der Waals surface area contributed by atoms with Gasteiger partial charge in [-0.1, -0.05) is 31.9 Å². The van der Waals surface area contributed by atoms with Gasteiger partial charge in [-0.2, -0.15) is 4.98 Å². The van der Waals surface area contributed by atoms with Crippen molar-refractivity contribution in [2.75, 3.05) is 0 Å². The fraction of sp³-hybridized carbons (Fsp3) is 0.481. The van der Waals surface area contributed by atoms with Gasteiger partial charge in [0.15, 0.2) is 5.82 Å². The van der Waals surface area contributed by atoms with Crippen molar-refractivity contribution in [2.24, 2.45) is 5.92 Å². The van der Waals surface area contributed by atoms with E-state index in [1.807, 2.05) is 32.0 Å². The summed E-state index contributed by atoms with van der Waals surface area (Å²) in [5, 5.41) is 25.5. The van der Waals surface area contributed by atoms with Crippen molar-refractivity contribution in [3.8, 4) is 5.75 Å². The fourth-order valence-electron chi connectivity index (χ4n) is 5.56. The number of aryl methyl sites for hydroxylation is 3. The molecule has 1 unspecified atom stereocenters. The molecule has 1 aromatic carbocycles. The summed E-state index contributed by atoms with van der Waals surface area (Å²) in [6.07, 6.45) is 8.48. The zero-order valence-corrected chi connectivity index (χ0v) is 20.3. The van der Waals surface area contributed by atoms with Crippen LogP contribution < -0.4 is 0 Å². The number of benzene rings is 1. The van der Waals surface area contributed by atoms with Crippen LogP contribution in [0.15, 0.2) is 41.8 Å². The van der Waals surface area contributed by atoms with E-state index in [0.717, 1.165) is 48.9 Å². The molecule has 184 valence electrons. The monoisotopic (exact) mass is 476 g/mol. The second kappa shape index (κ2) is 9.32. The van der Waals surface area contributed by atoms with E-state index < -0.39 is 11.6 Å². The minimum Gasteiger partial charge on any atom is -0.512 e. The summed E-state index contributed by atoms with van der Waals surface area (Å²) >= 11 is 0. The molecule has 5 rings (SSSR count). The van der Waals surface area contributed by atoms with Crippen molar-refractivity contribution in [2.45, 2.75) is 77.2 Å². The number of aromatic nitrogens is 4. The fourth-order valence-corrected chi connectivity index (χ4v) is 5.56. The number of hydrogen-bond donors (Lipinski definition) is 2. The Morgan fingerprint density at radius 1 is 1.17 bits per heavy atom. The SMILES string of the molecule is CCc1cc(CCC2(C3CCCC3)CC(O)=C(Cc3nc4nc(C)ccn4n3)C(=O)O2)ccc1O. The van der Waals surface area contributed by atoms with Crippen LogP contribution >= 0.6 is 0 Å². The second-order valence-electron chi connectivity index (χ2n) is 9.87. The highest BCUT2D eigenvalue weighted by Gasteiger charge is 2.48. The molecule has 1 fully saturated rings. The van der Waals surface area contributed by atoms with Gasteiger partial charge < -0.3 is 14.9 Å². The Balaban J connectivity index is 1.39. The van der Waals surface area contributed by atoms with Crippen molar-refractivity contribution in [1.82, 2.24) is 19.6 Å². The number of phenolic OH excluding ortho intramolecular Hbond substituents is 1. The Kier molecular flexibility index (Phi) is 6.21. The molecule has 0 radical (unpaired) electrons. The van der Waals surface area contributed by atoms with Gasteiger partial charge in [-0.3, -0.25) is 0 Å². The van der Waals surface area contributed by atoms with E-state index in [2.05, 4.69) is 15.1 Å². The standard InChI is InChI=1S/C27H32N4O4/c1-3-19-14-18(8-9-22(19)32)10-12-27(20-6-4-5-7-20)16-23(33)21(25(34)35-27)15-24-29-26-28-17(2)11-13-31(26)30-24/h8-9,11,13-14,20,32-33H,3-7,10,12,15-16H2,1-2H3. The number of hydrogen-bond acceptors (Lipinski definition) is 7. The van der Waals surface area contributed by atoms with Gasteiger partial charge in [0.05, 0.1) is 5.57 Å². The van der Waals surface area contributed by atoms with E-state index in [0.29, 0.717) is 36.6 Å². The van der Waals surface area contributed by atoms with E-state index in [1.165, 1.54) is 0 Å². The molecule has 1 saturated carbocycles. The molecule has 2 N–H and O–H groups in total. The summed E-state index contributed by atoms with van der Waals surface area (Å²) in [6.45, 7) is 3.90. The Morgan fingerprint density at radius 3 is 2.71 bits per heavy atom. The maximum absolute atomic E-state index is 13.3. The van der Waals surface area contributed by atoms with Crippen molar-refractivity contribution in [3.05, 3.63) is 64.4 Å². The van der Waals surface area contributed by atoms with Crippen LogP contribution in [0.1, 0.15) is 68.1 Å². The molecule has 2 aliphatic rings. The number of aromatic hydroxyl groups is 1. The van der Waals surface area contributed by atoms with E-state index in [-0.39, 0.29) is 23.7 Å². The molecule has 0 saturated heterocycles. The minimum atomic E-state index is -0.726. The molecule has 1 aliphatic carbocycles. The van der Waals surface area contributed by atoms with Gasteiger partial charge in [0.1, 0.15) is 17.1 Å². The number of carbonyl (C=O) groups is 1. The zero-order valence-electron chi connectivity index (χ0n) is 20.3. The first-order valence-corrected chi connectivity index (χ1v) is 12.5. The maximum atomic E-state index is 13.3. The molecule has 1 atom stereocenters. The topological polar surface area (TPSA) is 110 Å². The van der Waals surface area contributed by atoms with Gasteiger partial charge in [0.2, 0.25) is 0 Å². The van der Waals surface area contributed by atoms with Gasteiger partial charge in [0.25, 0.3) is 5.78 Å². The number of carbonyl (C=O) groups excluding carboxylic acids is 1. The number of aliphatic hydroxyl groups excluding tert-OH is 1. The summed E-state index contributed by atoms with van der Waals surface area (Å²) in [6, 6.07) is 7.52. The Labute approximate surface area is 204 Å². The van der Waals surface area contributed by atoms with Gasteiger partial charge in [-0.25, -0.2) is 14.3 Å². The van der Waals surface area contributed by atoms with Crippen LogP contribution in [0.25, 0.3) is 5.78 Å².